The average Bonchev–Trinajstić information content (AvgIpc) is 2.31. The Labute approximate surface area is 101 Å². The molecule has 0 heterocycles. The first-order chi connectivity index (χ1) is 7.92. The predicted octanol–water partition coefficient (Wildman–Crippen LogP) is 2.48. The quantitative estimate of drug-likeness (QED) is 0.842. The first kappa shape index (κ1) is 13.5. The number of halogens is 1. The van der Waals surface area contributed by atoms with E-state index in [1.54, 1.807) is 12.1 Å². The van der Waals surface area contributed by atoms with Gasteiger partial charge in [-0.3, -0.25) is 0 Å². The van der Waals surface area contributed by atoms with E-state index in [0.29, 0.717) is 17.8 Å². The van der Waals surface area contributed by atoms with Gasteiger partial charge in [-0.25, -0.2) is 4.39 Å². The van der Waals surface area contributed by atoms with E-state index in [4.69, 9.17) is 11.0 Å². The van der Waals surface area contributed by atoms with Crippen molar-refractivity contribution in [2.75, 3.05) is 11.9 Å². The fraction of sp³-hybridized carbons (Fsp3) is 0.462. The average molecular weight is 235 g/mol. The lowest BCUT2D eigenvalue weighted by molar-refractivity contribution is 0.380. The maximum Gasteiger partial charge on any atom is 0.147 e. The van der Waals surface area contributed by atoms with Crippen molar-refractivity contribution in [2.45, 2.75) is 26.3 Å². The van der Waals surface area contributed by atoms with Crippen LogP contribution < -0.4 is 11.1 Å². The third-order valence-electron chi connectivity index (χ3n) is 3.22. The van der Waals surface area contributed by atoms with Gasteiger partial charge in [-0.2, -0.15) is 5.26 Å². The van der Waals surface area contributed by atoms with Gasteiger partial charge in [0, 0.05) is 12.1 Å². The highest BCUT2D eigenvalue weighted by molar-refractivity contribution is 5.50. The van der Waals surface area contributed by atoms with Crippen LogP contribution in [0.4, 0.5) is 10.1 Å². The molecule has 0 saturated carbocycles. The van der Waals surface area contributed by atoms with Crippen LogP contribution >= 0.6 is 0 Å². The summed E-state index contributed by atoms with van der Waals surface area (Å²) in [4.78, 5) is 0. The summed E-state index contributed by atoms with van der Waals surface area (Å²) in [5, 5.41) is 11.8. The molecule has 0 bridgehead atoms. The zero-order valence-corrected chi connectivity index (χ0v) is 10.4. The first-order valence-corrected chi connectivity index (χ1v) is 5.61. The van der Waals surface area contributed by atoms with Crippen LogP contribution in [0.25, 0.3) is 0 Å². The highest BCUT2D eigenvalue weighted by Crippen LogP contribution is 2.24. The van der Waals surface area contributed by atoms with Crippen LogP contribution in [0.1, 0.15) is 26.3 Å². The number of benzene rings is 1. The Hall–Kier alpha value is -1.60. The Morgan fingerprint density at radius 1 is 1.53 bits per heavy atom. The molecule has 0 spiro atoms. The van der Waals surface area contributed by atoms with Gasteiger partial charge in [0.05, 0.1) is 17.3 Å². The molecule has 0 radical (unpaired) electrons. The SMILES string of the molecule is CC(C)C(C)(CN)Nc1ccc(C#N)cc1F. The lowest BCUT2D eigenvalue weighted by Crippen LogP contribution is -2.47. The summed E-state index contributed by atoms with van der Waals surface area (Å²) in [6, 6.07) is 6.28. The van der Waals surface area contributed by atoms with Gasteiger partial charge in [0.2, 0.25) is 0 Å². The normalized spacial score (nSPS) is 14.2. The zero-order chi connectivity index (χ0) is 13.1. The van der Waals surface area contributed by atoms with E-state index in [1.165, 1.54) is 6.07 Å². The third kappa shape index (κ3) is 2.95. The molecule has 0 amide bonds. The highest BCUT2D eigenvalue weighted by Gasteiger charge is 2.27. The molecule has 0 fully saturated rings. The molecular formula is C13H18FN3. The third-order valence-corrected chi connectivity index (χ3v) is 3.22. The van der Waals surface area contributed by atoms with Gasteiger partial charge >= 0.3 is 0 Å². The number of anilines is 1. The van der Waals surface area contributed by atoms with Crippen molar-refractivity contribution in [1.29, 1.82) is 5.26 Å². The molecule has 3 N–H and O–H groups in total. The summed E-state index contributed by atoms with van der Waals surface area (Å²) >= 11 is 0. The Morgan fingerprint density at radius 2 is 2.18 bits per heavy atom. The number of nitrogens with one attached hydrogen (secondary N) is 1. The maximum absolute atomic E-state index is 13.7. The molecule has 0 aliphatic heterocycles. The number of hydrogen-bond acceptors (Lipinski definition) is 3. The number of nitriles is 1. The van der Waals surface area contributed by atoms with Crippen LogP contribution in [-0.4, -0.2) is 12.1 Å². The minimum atomic E-state index is -0.427. The van der Waals surface area contributed by atoms with Crippen molar-refractivity contribution in [1.82, 2.24) is 0 Å². The highest BCUT2D eigenvalue weighted by atomic mass is 19.1. The van der Waals surface area contributed by atoms with Gasteiger partial charge in [-0.1, -0.05) is 13.8 Å². The summed E-state index contributed by atoms with van der Waals surface area (Å²) in [6.07, 6.45) is 0. The van der Waals surface area contributed by atoms with Gasteiger partial charge in [-0.15, -0.1) is 0 Å². The molecule has 17 heavy (non-hydrogen) atoms. The van der Waals surface area contributed by atoms with Crippen LogP contribution in [-0.2, 0) is 0 Å². The number of nitrogens with two attached hydrogens (primary N) is 1. The number of nitrogens with zero attached hydrogens (tertiary/aromatic N) is 1. The molecule has 3 nitrogen and oxygen atoms in total. The number of rotatable bonds is 4. The Morgan fingerprint density at radius 3 is 2.59 bits per heavy atom. The summed E-state index contributed by atoms with van der Waals surface area (Å²) in [6.45, 7) is 6.42. The van der Waals surface area contributed by atoms with Crippen molar-refractivity contribution in [3.8, 4) is 6.07 Å². The van der Waals surface area contributed by atoms with Crippen LogP contribution in [0, 0.1) is 23.1 Å². The van der Waals surface area contributed by atoms with Gasteiger partial charge in [-0.05, 0) is 31.0 Å². The van der Waals surface area contributed by atoms with Crippen molar-refractivity contribution >= 4 is 5.69 Å². The van der Waals surface area contributed by atoms with Crippen LogP contribution in [0.5, 0.6) is 0 Å². The van der Waals surface area contributed by atoms with Crippen LogP contribution in [0.2, 0.25) is 0 Å². The number of hydrogen-bond donors (Lipinski definition) is 2. The van der Waals surface area contributed by atoms with E-state index >= 15 is 0 Å². The van der Waals surface area contributed by atoms with E-state index < -0.39 is 5.82 Å². The molecule has 1 unspecified atom stereocenters. The van der Waals surface area contributed by atoms with Gasteiger partial charge < -0.3 is 11.1 Å². The summed E-state index contributed by atoms with van der Waals surface area (Å²) in [5.41, 5.74) is 6.05. The lowest BCUT2D eigenvalue weighted by Gasteiger charge is -2.34. The minimum Gasteiger partial charge on any atom is -0.376 e. The van der Waals surface area contributed by atoms with E-state index in [1.807, 2.05) is 26.8 Å². The van der Waals surface area contributed by atoms with E-state index in [9.17, 15) is 4.39 Å². The molecule has 0 saturated heterocycles. The van der Waals surface area contributed by atoms with Crippen molar-refractivity contribution < 1.29 is 4.39 Å². The molecule has 0 aliphatic carbocycles. The Kier molecular flexibility index (Phi) is 4.08. The molecule has 4 heteroatoms. The molecular weight excluding hydrogens is 217 g/mol. The maximum atomic E-state index is 13.7. The lowest BCUT2D eigenvalue weighted by atomic mass is 9.88. The Bertz CT molecular complexity index is 437. The second-order valence-corrected chi connectivity index (χ2v) is 4.71. The molecule has 1 rings (SSSR count). The van der Waals surface area contributed by atoms with Gasteiger partial charge in [0.15, 0.2) is 0 Å². The second-order valence-electron chi connectivity index (χ2n) is 4.71. The monoisotopic (exact) mass is 235 g/mol. The molecule has 0 aliphatic rings. The van der Waals surface area contributed by atoms with E-state index in [0.717, 1.165) is 0 Å². The summed E-state index contributed by atoms with van der Waals surface area (Å²) < 4.78 is 13.7. The summed E-state index contributed by atoms with van der Waals surface area (Å²) in [7, 11) is 0. The fourth-order valence-corrected chi connectivity index (χ4v) is 1.42. The smallest absolute Gasteiger partial charge is 0.147 e. The topological polar surface area (TPSA) is 61.8 Å². The standard InChI is InChI=1S/C13H18FN3/c1-9(2)13(3,8-16)17-12-5-4-10(7-15)6-11(12)14/h4-6,9,17H,8,16H2,1-3H3. The van der Waals surface area contributed by atoms with Crippen molar-refractivity contribution in [2.24, 2.45) is 11.7 Å². The summed E-state index contributed by atoms with van der Waals surface area (Å²) in [5.74, 6) is -0.160. The van der Waals surface area contributed by atoms with Crippen molar-refractivity contribution in [3.05, 3.63) is 29.6 Å². The molecule has 1 atom stereocenters. The second kappa shape index (κ2) is 5.15. The van der Waals surface area contributed by atoms with E-state index in [-0.39, 0.29) is 11.5 Å². The molecule has 0 aromatic heterocycles. The van der Waals surface area contributed by atoms with Gasteiger partial charge in [0.25, 0.3) is 0 Å². The fourth-order valence-electron chi connectivity index (χ4n) is 1.42. The molecule has 1 aromatic carbocycles. The largest absolute Gasteiger partial charge is 0.376 e. The van der Waals surface area contributed by atoms with Gasteiger partial charge in [0.1, 0.15) is 5.82 Å². The van der Waals surface area contributed by atoms with E-state index in [2.05, 4.69) is 5.32 Å². The van der Waals surface area contributed by atoms with Crippen LogP contribution in [0.15, 0.2) is 18.2 Å². The molecule has 92 valence electrons. The Balaban J connectivity index is 3.00. The predicted molar refractivity (Wildman–Crippen MR) is 67.0 cm³/mol. The zero-order valence-electron chi connectivity index (χ0n) is 10.4. The van der Waals surface area contributed by atoms with Crippen molar-refractivity contribution in [3.63, 3.8) is 0 Å². The first-order valence-electron chi connectivity index (χ1n) is 5.61. The molecule has 1 aromatic rings. The van der Waals surface area contributed by atoms with Crippen LogP contribution in [0.3, 0.4) is 0 Å². The minimum absolute atomic E-state index is 0.266.